The Balaban J connectivity index is 2.04. The molecule has 1 spiro atoms. The second kappa shape index (κ2) is 3.93. The molecule has 3 rings (SSSR count). The monoisotopic (exact) mass is 263 g/mol. The van der Waals surface area contributed by atoms with Gasteiger partial charge in [0.25, 0.3) is 0 Å². The van der Waals surface area contributed by atoms with Crippen molar-refractivity contribution in [3.8, 4) is 0 Å². The Morgan fingerprint density at radius 1 is 1.00 bits per heavy atom. The Morgan fingerprint density at radius 2 is 1.80 bits per heavy atom. The average Bonchev–Trinajstić information content (AvgIpc) is 2.31. The van der Waals surface area contributed by atoms with Crippen LogP contribution in [0.15, 0.2) is 18.5 Å². The molecule has 0 N–H and O–H groups in total. The van der Waals surface area contributed by atoms with E-state index < -0.39 is 13.3 Å². The summed E-state index contributed by atoms with van der Waals surface area (Å²) in [6, 6.07) is 2.37. The molecule has 0 atom stereocenters. The van der Waals surface area contributed by atoms with Gasteiger partial charge in [0.05, 0.1) is 0 Å². The van der Waals surface area contributed by atoms with E-state index >= 15 is 0 Å². The fourth-order valence-electron chi connectivity index (χ4n) is 3.64. The third kappa shape index (κ3) is 1.65. The quantitative estimate of drug-likeness (QED) is 0.655. The van der Waals surface area contributed by atoms with Crippen molar-refractivity contribution in [3.05, 3.63) is 24.0 Å². The van der Waals surface area contributed by atoms with Gasteiger partial charge in [-0.2, -0.15) is 0 Å². The van der Waals surface area contributed by atoms with E-state index in [0.717, 1.165) is 0 Å². The second-order valence-corrected chi connectivity index (χ2v) is 14.9. The van der Waals surface area contributed by atoms with Gasteiger partial charge in [-0.3, -0.25) is 0 Å². The van der Waals surface area contributed by atoms with E-state index in [4.69, 9.17) is 0 Å². The van der Waals surface area contributed by atoms with E-state index in [9.17, 15) is 0 Å². The molecular weight excluding hydrogens is 243 g/mol. The minimum absolute atomic E-state index is 1.30. The van der Waals surface area contributed by atoms with Gasteiger partial charge in [-0.25, -0.2) is 0 Å². The molecule has 1 fully saturated rings. The summed E-state index contributed by atoms with van der Waals surface area (Å²) in [4.78, 5) is 4.31. The van der Waals surface area contributed by atoms with Crippen LogP contribution in [-0.2, 0) is 6.42 Å². The van der Waals surface area contributed by atoms with Gasteiger partial charge in [-0.1, -0.05) is 0 Å². The van der Waals surface area contributed by atoms with Crippen molar-refractivity contribution < 1.29 is 0 Å². The number of pyridine rings is 1. The zero-order valence-corrected chi connectivity index (χ0v) is 11.4. The molecule has 2 aliphatic heterocycles. The Bertz CT molecular complexity index is 355. The van der Waals surface area contributed by atoms with Gasteiger partial charge in [0.15, 0.2) is 0 Å². The van der Waals surface area contributed by atoms with Crippen LogP contribution in [0.25, 0.3) is 0 Å². The van der Waals surface area contributed by atoms with Crippen LogP contribution >= 0.6 is 0 Å². The minimum atomic E-state index is -1.58. The van der Waals surface area contributed by atoms with E-state index in [2.05, 4.69) is 17.2 Å². The van der Waals surface area contributed by atoms with E-state index in [1.807, 2.05) is 10.6 Å². The first kappa shape index (κ1) is 9.89. The fourth-order valence-corrected chi connectivity index (χ4v) is 15.3. The number of fused-ring (bicyclic) bond motifs is 2. The van der Waals surface area contributed by atoms with Gasteiger partial charge in [0.1, 0.15) is 0 Å². The molecule has 0 radical (unpaired) electrons. The number of aromatic nitrogens is 1. The molecule has 0 aromatic carbocycles. The standard InChI is InChI=1S/C13H19GeN/c1-2-7-14(8-3-1)9-4-5-12-11-15-10-6-13(12)14/h6,10-11H,1-5,7-9H2. The van der Waals surface area contributed by atoms with Crippen LogP contribution in [0.3, 0.4) is 0 Å². The van der Waals surface area contributed by atoms with Crippen LogP contribution in [-0.4, -0.2) is 18.3 Å². The molecule has 0 amide bonds. The fraction of sp³-hybridized carbons (Fsp3) is 0.615. The molecule has 2 heteroatoms. The predicted octanol–water partition coefficient (Wildman–Crippen LogP) is 2.87. The number of hydrogen-bond donors (Lipinski definition) is 0. The Morgan fingerprint density at radius 3 is 2.67 bits per heavy atom. The number of aryl methyl sites for hydroxylation is 1. The molecule has 80 valence electrons. The topological polar surface area (TPSA) is 12.9 Å². The molecular formula is C13H19GeN. The summed E-state index contributed by atoms with van der Waals surface area (Å²) >= 11 is -1.58. The van der Waals surface area contributed by atoms with E-state index in [0.29, 0.717) is 0 Å². The Hall–Kier alpha value is -0.307. The average molecular weight is 262 g/mol. The van der Waals surface area contributed by atoms with Crippen LogP contribution in [0, 0.1) is 0 Å². The normalized spacial score (nSPS) is 23.7. The summed E-state index contributed by atoms with van der Waals surface area (Å²) in [7, 11) is 0. The van der Waals surface area contributed by atoms with Crippen molar-refractivity contribution in [2.24, 2.45) is 0 Å². The summed E-state index contributed by atoms with van der Waals surface area (Å²) in [5, 5.41) is 4.82. The summed E-state index contributed by atoms with van der Waals surface area (Å²) in [6.07, 6.45) is 11.5. The summed E-state index contributed by atoms with van der Waals surface area (Å²) < 4.78 is 1.83. The first-order chi connectivity index (χ1) is 7.41. The van der Waals surface area contributed by atoms with Crippen molar-refractivity contribution in [2.75, 3.05) is 0 Å². The zero-order chi connectivity index (χ0) is 10.1. The van der Waals surface area contributed by atoms with Crippen LogP contribution in [0.2, 0.25) is 15.8 Å². The molecule has 0 aliphatic carbocycles. The summed E-state index contributed by atoms with van der Waals surface area (Å²) in [5.41, 5.74) is 1.62. The molecule has 1 saturated heterocycles. The van der Waals surface area contributed by atoms with E-state index in [1.54, 1.807) is 21.3 Å². The molecule has 1 aromatic rings. The third-order valence-corrected chi connectivity index (χ3v) is 16.1. The first-order valence-corrected chi connectivity index (χ1v) is 11.8. The molecule has 0 saturated carbocycles. The molecule has 0 bridgehead atoms. The SMILES string of the molecule is c1c[c]2c(cn1)CC[CH2][Ge]21[CH2]CCC[CH2]1. The number of hydrogen-bond acceptors (Lipinski definition) is 1. The van der Waals surface area contributed by atoms with Gasteiger partial charge in [0, 0.05) is 0 Å². The van der Waals surface area contributed by atoms with Gasteiger partial charge < -0.3 is 0 Å². The third-order valence-electron chi connectivity index (χ3n) is 4.39. The van der Waals surface area contributed by atoms with Crippen LogP contribution < -0.4 is 4.40 Å². The number of rotatable bonds is 0. The molecule has 3 heterocycles. The molecule has 0 unspecified atom stereocenters. The maximum absolute atomic E-state index is 4.31. The Kier molecular flexibility index (Phi) is 2.59. The summed E-state index contributed by atoms with van der Waals surface area (Å²) in [6.45, 7) is 0. The molecule has 1 aromatic heterocycles. The molecule has 2 aliphatic rings. The van der Waals surface area contributed by atoms with Crippen LogP contribution in [0.1, 0.15) is 31.2 Å². The van der Waals surface area contributed by atoms with Crippen molar-refractivity contribution >= 4 is 17.7 Å². The molecule has 15 heavy (non-hydrogen) atoms. The zero-order valence-electron chi connectivity index (χ0n) is 9.34. The van der Waals surface area contributed by atoms with E-state index in [-0.39, 0.29) is 0 Å². The van der Waals surface area contributed by atoms with Crippen molar-refractivity contribution in [2.45, 2.75) is 47.9 Å². The second-order valence-electron chi connectivity index (χ2n) is 5.23. The van der Waals surface area contributed by atoms with Crippen LogP contribution in [0.4, 0.5) is 0 Å². The predicted molar refractivity (Wildman–Crippen MR) is 66.2 cm³/mol. The van der Waals surface area contributed by atoms with Gasteiger partial charge in [-0.05, 0) is 0 Å². The van der Waals surface area contributed by atoms with Gasteiger partial charge >= 0.3 is 94.5 Å². The van der Waals surface area contributed by atoms with Gasteiger partial charge in [0.2, 0.25) is 0 Å². The van der Waals surface area contributed by atoms with Crippen LogP contribution in [0.5, 0.6) is 0 Å². The maximum atomic E-state index is 4.31. The van der Waals surface area contributed by atoms with Crippen molar-refractivity contribution in [1.29, 1.82) is 0 Å². The van der Waals surface area contributed by atoms with Crippen molar-refractivity contribution in [3.63, 3.8) is 0 Å². The molecule has 1 nitrogen and oxygen atoms in total. The van der Waals surface area contributed by atoms with E-state index in [1.165, 1.54) is 32.1 Å². The van der Waals surface area contributed by atoms with Gasteiger partial charge in [-0.15, -0.1) is 0 Å². The first-order valence-electron chi connectivity index (χ1n) is 6.34. The van der Waals surface area contributed by atoms with Crippen molar-refractivity contribution in [1.82, 2.24) is 4.98 Å². The summed E-state index contributed by atoms with van der Waals surface area (Å²) in [5.74, 6) is 0. The Labute approximate surface area is 94.7 Å². The number of nitrogens with zero attached hydrogens (tertiary/aromatic N) is 1.